The van der Waals surface area contributed by atoms with Gasteiger partial charge in [-0.25, -0.2) is 10.1 Å². The molecule has 0 bridgehead atoms. The minimum atomic E-state index is -4.69. The Hall–Kier alpha value is -2.58. The summed E-state index contributed by atoms with van der Waals surface area (Å²) in [6, 6.07) is 4.22. The molecule has 0 unspecified atom stereocenters. The molecule has 0 aliphatic carbocycles. The highest BCUT2D eigenvalue weighted by molar-refractivity contribution is 6.10. The zero-order valence-electron chi connectivity index (χ0n) is 9.76. The van der Waals surface area contributed by atoms with Crippen LogP contribution in [0.4, 0.5) is 13.2 Å². The molecule has 1 aromatic carbocycles. The van der Waals surface area contributed by atoms with E-state index < -0.39 is 34.7 Å². The monoisotopic (exact) mass is 288 g/mol. The van der Waals surface area contributed by atoms with Crippen LogP contribution >= 0.6 is 0 Å². The lowest BCUT2D eigenvalue weighted by molar-refractivity contribution is -0.721. The van der Waals surface area contributed by atoms with Crippen LogP contribution in [0.15, 0.2) is 36.1 Å². The SMILES string of the molecule is O=C(C1=CON([N+](=O)[O-])C1)c1ccccc1C(F)(F)F. The summed E-state index contributed by atoms with van der Waals surface area (Å²) >= 11 is 0. The summed E-state index contributed by atoms with van der Waals surface area (Å²) < 4.78 is 38.3. The highest BCUT2D eigenvalue weighted by Crippen LogP contribution is 2.33. The van der Waals surface area contributed by atoms with Crippen LogP contribution in [0.2, 0.25) is 0 Å². The Kier molecular flexibility index (Phi) is 3.35. The number of hydroxylamine groups is 1. The third-order valence-corrected chi connectivity index (χ3v) is 2.57. The number of carbonyl (C=O) groups excluding carboxylic acids is 1. The van der Waals surface area contributed by atoms with Gasteiger partial charge in [-0.15, -0.1) is 0 Å². The largest absolute Gasteiger partial charge is 0.417 e. The zero-order valence-corrected chi connectivity index (χ0v) is 9.76. The summed E-state index contributed by atoms with van der Waals surface area (Å²) in [6.45, 7) is -0.516. The predicted octanol–water partition coefficient (Wildman–Crippen LogP) is 2.21. The molecule has 0 fully saturated rings. The van der Waals surface area contributed by atoms with Gasteiger partial charge in [0.2, 0.25) is 0 Å². The third-order valence-electron chi connectivity index (χ3n) is 2.57. The molecule has 1 heterocycles. The fourth-order valence-electron chi connectivity index (χ4n) is 1.67. The Morgan fingerprint density at radius 3 is 2.55 bits per heavy atom. The van der Waals surface area contributed by atoms with Gasteiger partial charge in [0, 0.05) is 5.56 Å². The molecule has 20 heavy (non-hydrogen) atoms. The summed E-state index contributed by atoms with van der Waals surface area (Å²) in [5.41, 5.74) is -1.89. The van der Waals surface area contributed by atoms with Gasteiger partial charge in [-0.3, -0.25) is 4.79 Å². The van der Waals surface area contributed by atoms with Crippen LogP contribution in [0.1, 0.15) is 15.9 Å². The van der Waals surface area contributed by atoms with Crippen molar-refractivity contribution in [3.05, 3.63) is 57.3 Å². The van der Waals surface area contributed by atoms with E-state index in [1.54, 1.807) is 0 Å². The van der Waals surface area contributed by atoms with E-state index in [1.165, 1.54) is 6.07 Å². The molecular formula is C11H7F3N2O4. The summed E-state index contributed by atoms with van der Waals surface area (Å²) in [4.78, 5) is 26.9. The van der Waals surface area contributed by atoms with E-state index in [9.17, 15) is 28.1 Å². The molecule has 1 aliphatic rings. The number of halogens is 3. The molecule has 0 amide bonds. The fraction of sp³-hybridized carbons (Fsp3) is 0.182. The van der Waals surface area contributed by atoms with Crippen LogP contribution < -0.4 is 0 Å². The van der Waals surface area contributed by atoms with Gasteiger partial charge in [0.25, 0.3) is 0 Å². The van der Waals surface area contributed by atoms with Gasteiger partial charge >= 0.3 is 6.18 Å². The van der Waals surface area contributed by atoms with Gasteiger partial charge in [0.05, 0.1) is 16.3 Å². The van der Waals surface area contributed by atoms with Gasteiger partial charge in [-0.2, -0.15) is 13.2 Å². The lowest BCUT2D eigenvalue weighted by Crippen LogP contribution is -2.27. The number of hydrogen-bond acceptors (Lipinski definition) is 4. The molecule has 0 saturated heterocycles. The fourth-order valence-corrected chi connectivity index (χ4v) is 1.67. The van der Waals surface area contributed by atoms with Crippen LogP contribution in [-0.4, -0.2) is 22.5 Å². The minimum Gasteiger partial charge on any atom is -0.336 e. The van der Waals surface area contributed by atoms with E-state index in [1.807, 2.05) is 0 Å². The van der Waals surface area contributed by atoms with Crippen molar-refractivity contribution in [1.82, 2.24) is 5.17 Å². The first-order valence-corrected chi connectivity index (χ1v) is 5.29. The third kappa shape index (κ3) is 2.56. The molecule has 9 heteroatoms. The normalized spacial score (nSPS) is 14.8. The number of hydrogen-bond donors (Lipinski definition) is 0. The Morgan fingerprint density at radius 2 is 2.00 bits per heavy atom. The van der Waals surface area contributed by atoms with Crippen molar-refractivity contribution >= 4 is 5.78 Å². The van der Waals surface area contributed by atoms with E-state index in [4.69, 9.17) is 0 Å². The molecule has 0 spiro atoms. The molecular weight excluding hydrogens is 281 g/mol. The maximum Gasteiger partial charge on any atom is 0.417 e. The van der Waals surface area contributed by atoms with Crippen LogP contribution in [0.3, 0.4) is 0 Å². The second-order valence-electron chi connectivity index (χ2n) is 3.87. The number of hydrazine groups is 1. The number of nitrogens with zero attached hydrogens (tertiary/aromatic N) is 2. The number of benzene rings is 1. The Morgan fingerprint density at radius 1 is 1.35 bits per heavy atom. The second-order valence-corrected chi connectivity index (χ2v) is 3.87. The number of carbonyl (C=O) groups is 1. The first-order chi connectivity index (χ1) is 9.30. The van der Waals surface area contributed by atoms with E-state index >= 15 is 0 Å². The lowest BCUT2D eigenvalue weighted by atomic mass is 9.99. The first kappa shape index (κ1) is 13.8. The molecule has 2 rings (SSSR count). The maximum absolute atomic E-state index is 12.8. The number of nitro groups is 1. The van der Waals surface area contributed by atoms with E-state index in [2.05, 4.69) is 4.84 Å². The number of Topliss-reactive ketones (excluding diaryl/α,β-unsaturated/α-hetero) is 1. The Bertz CT molecular complexity index is 598. The van der Waals surface area contributed by atoms with Crippen LogP contribution in [0.25, 0.3) is 0 Å². The quantitative estimate of drug-likeness (QED) is 0.484. The standard InChI is InChI=1S/C11H7F3N2O4/c12-11(13,14)9-4-2-1-3-8(9)10(17)7-5-15(16(18)19)20-6-7/h1-4,6H,5H2. The molecule has 6 nitrogen and oxygen atoms in total. The number of ketones is 1. The summed E-state index contributed by atoms with van der Waals surface area (Å²) in [5, 5.41) is 9.76. The van der Waals surface area contributed by atoms with Gasteiger partial charge in [-0.05, 0) is 6.07 Å². The summed E-state index contributed by atoms with van der Waals surface area (Å²) in [5.74, 6) is -0.956. The number of alkyl halides is 3. The average molecular weight is 288 g/mol. The van der Waals surface area contributed by atoms with Crippen molar-refractivity contribution < 1.29 is 27.8 Å². The van der Waals surface area contributed by atoms with Gasteiger partial charge < -0.3 is 4.84 Å². The first-order valence-electron chi connectivity index (χ1n) is 5.29. The van der Waals surface area contributed by atoms with Gasteiger partial charge in [-0.1, -0.05) is 18.2 Å². The Labute approximate surface area is 110 Å². The molecule has 0 saturated carbocycles. The summed E-state index contributed by atoms with van der Waals surface area (Å²) in [6.07, 6.45) is -3.91. The minimum absolute atomic E-state index is 0.224. The van der Waals surface area contributed by atoms with Gasteiger partial charge in [0.1, 0.15) is 6.26 Å². The zero-order chi connectivity index (χ0) is 14.9. The maximum atomic E-state index is 12.8. The molecule has 0 N–H and O–H groups in total. The lowest BCUT2D eigenvalue weighted by Gasteiger charge is -2.11. The van der Waals surface area contributed by atoms with Crippen molar-refractivity contribution in [2.75, 3.05) is 6.54 Å². The molecule has 106 valence electrons. The predicted molar refractivity (Wildman–Crippen MR) is 58.6 cm³/mol. The van der Waals surface area contributed by atoms with Crippen molar-refractivity contribution in [1.29, 1.82) is 0 Å². The van der Waals surface area contributed by atoms with Gasteiger partial charge in [0.15, 0.2) is 17.4 Å². The van der Waals surface area contributed by atoms with E-state index in [-0.39, 0.29) is 10.7 Å². The van der Waals surface area contributed by atoms with Crippen LogP contribution in [-0.2, 0) is 11.0 Å². The van der Waals surface area contributed by atoms with Crippen molar-refractivity contribution in [3.63, 3.8) is 0 Å². The highest BCUT2D eigenvalue weighted by Gasteiger charge is 2.37. The average Bonchev–Trinajstić information content (AvgIpc) is 2.86. The topological polar surface area (TPSA) is 72.7 Å². The van der Waals surface area contributed by atoms with Crippen LogP contribution in [0, 0.1) is 10.1 Å². The highest BCUT2D eigenvalue weighted by atomic mass is 19.4. The molecule has 0 aromatic heterocycles. The van der Waals surface area contributed by atoms with Crippen LogP contribution in [0.5, 0.6) is 0 Å². The Balaban J connectivity index is 2.30. The molecule has 1 aromatic rings. The molecule has 0 radical (unpaired) electrons. The second kappa shape index (κ2) is 4.83. The smallest absolute Gasteiger partial charge is 0.336 e. The molecule has 0 atom stereocenters. The van der Waals surface area contributed by atoms with Crippen molar-refractivity contribution in [2.45, 2.75) is 6.18 Å². The summed E-state index contributed by atoms with van der Waals surface area (Å²) in [7, 11) is 0. The van der Waals surface area contributed by atoms with E-state index in [0.717, 1.165) is 24.5 Å². The number of rotatable bonds is 3. The molecule has 1 aliphatic heterocycles. The van der Waals surface area contributed by atoms with Crippen molar-refractivity contribution in [3.8, 4) is 0 Å². The van der Waals surface area contributed by atoms with Crippen molar-refractivity contribution in [2.24, 2.45) is 0 Å². The van der Waals surface area contributed by atoms with E-state index in [0.29, 0.717) is 0 Å².